The minimum absolute atomic E-state index is 0. The predicted molar refractivity (Wildman–Crippen MR) is 99.8 cm³/mol. The van der Waals surface area contributed by atoms with Crippen LogP contribution < -0.4 is 21.1 Å². The summed E-state index contributed by atoms with van der Waals surface area (Å²) >= 11 is 11.1. The van der Waals surface area contributed by atoms with E-state index in [0.29, 0.717) is 22.0 Å². The van der Waals surface area contributed by atoms with E-state index in [0.717, 1.165) is 5.69 Å². The van der Waals surface area contributed by atoms with Gasteiger partial charge in [0.1, 0.15) is 5.75 Å². The summed E-state index contributed by atoms with van der Waals surface area (Å²) in [5, 5.41) is 6.00. The molecule has 0 spiro atoms. The van der Waals surface area contributed by atoms with Gasteiger partial charge in [0.2, 0.25) is 0 Å². The number of halogens is 2. The number of hydrogen-bond donors (Lipinski definition) is 3. The Morgan fingerprint density at radius 2 is 1.87 bits per heavy atom. The second kappa shape index (κ2) is 8.57. The molecule has 4 N–H and O–H groups in total. The molecule has 8 heteroatoms. The van der Waals surface area contributed by atoms with Gasteiger partial charge >= 0.3 is 0 Å². The Kier molecular flexibility index (Phi) is 7.09. The number of nitrogens with two attached hydrogens (primary N) is 1. The number of rotatable bonds is 3. The molecular formula is C15H15Cl2N3O2S. The van der Waals surface area contributed by atoms with Crippen molar-refractivity contribution >= 4 is 58.6 Å². The first-order valence-electron chi connectivity index (χ1n) is 6.31. The fourth-order valence-corrected chi connectivity index (χ4v) is 2.18. The van der Waals surface area contributed by atoms with Gasteiger partial charge in [-0.1, -0.05) is 11.6 Å². The van der Waals surface area contributed by atoms with Crippen LogP contribution in [0.4, 0.5) is 11.4 Å². The Balaban J connectivity index is 0.00000264. The van der Waals surface area contributed by atoms with E-state index in [9.17, 15) is 4.79 Å². The van der Waals surface area contributed by atoms with Crippen molar-refractivity contribution in [3.63, 3.8) is 0 Å². The van der Waals surface area contributed by atoms with Gasteiger partial charge in [-0.3, -0.25) is 10.1 Å². The van der Waals surface area contributed by atoms with Crippen molar-refractivity contribution in [3.05, 3.63) is 53.1 Å². The van der Waals surface area contributed by atoms with Gasteiger partial charge in [-0.05, 0) is 54.7 Å². The highest BCUT2D eigenvalue weighted by Gasteiger charge is 2.10. The fourth-order valence-electron chi connectivity index (χ4n) is 1.71. The van der Waals surface area contributed by atoms with E-state index in [-0.39, 0.29) is 23.4 Å². The lowest BCUT2D eigenvalue weighted by atomic mass is 10.2. The number of amides is 1. The van der Waals surface area contributed by atoms with Gasteiger partial charge in [-0.15, -0.1) is 12.4 Å². The minimum Gasteiger partial charge on any atom is -0.495 e. The zero-order chi connectivity index (χ0) is 16.1. The Morgan fingerprint density at radius 1 is 1.22 bits per heavy atom. The molecule has 23 heavy (non-hydrogen) atoms. The predicted octanol–water partition coefficient (Wildman–Crippen LogP) is 3.48. The quantitative estimate of drug-likeness (QED) is 0.568. The topological polar surface area (TPSA) is 76.4 Å². The normalized spacial score (nSPS) is 9.48. The van der Waals surface area contributed by atoms with Gasteiger partial charge in [0.15, 0.2) is 5.11 Å². The van der Waals surface area contributed by atoms with E-state index in [4.69, 9.17) is 34.3 Å². The van der Waals surface area contributed by atoms with Crippen molar-refractivity contribution in [2.45, 2.75) is 0 Å². The molecule has 5 nitrogen and oxygen atoms in total. The van der Waals surface area contributed by atoms with E-state index in [1.165, 1.54) is 13.2 Å². The zero-order valence-corrected chi connectivity index (χ0v) is 14.5. The lowest BCUT2D eigenvalue weighted by Crippen LogP contribution is -2.34. The lowest BCUT2D eigenvalue weighted by molar-refractivity contribution is 0.0977. The number of carbonyl (C=O) groups excluding carboxylic acids is 1. The van der Waals surface area contributed by atoms with Crippen molar-refractivity contribution < 1.29 is 9.53 Å². The molecule has 0 bridgehead atoms. The number of thiocarbonyl (C=S) groups is 1. The summed E-state index contributed by atoms with van der Waals surface area (Å²) in [6.07, 6.45) is 0. The number of benzene rings is 2. The number of ether oxygens (including phenoxy) is 1. The van der Waals surface area contributed by atoms with Crippen LogP contribution in [-0.2, 0) is 0 Å². The summed E-state index contributed by atoms with van der Waals surface area (Å²) in [6, 6.07) is 11.7. The molecule has 0 aliphatic rings. The van der Waals surface area contributed by atoms with Crippen LogP contribution >= 0.6 is 36.2 Å². The summed E-state index contributed by atoms with van der Waals surface area (Å²) in [4.78, 5) is 12.1. The third-order valence-corrected chi connectivity index (χ3v) is 3.31. The molecule has 122 valence electrons. The Bertz CT molecular complexity index is 708. The first kappa shape index (κ1) is 19.0. The molecule has 2 aromatic rings. The maximum Gasteiger partial charge on any atom is 0.257 e. The minimum atomic E-state index is -0.363. The average Bonchev–Trinajstić information content (AvgIpc) is 2.49. The van der Waals surface area contributed by atoms with Crippen LogP contribution in [-0.4, -0.2) is 18.1 Å². The van der Waals surface area contributed by atoms with E-state index in [1.807, 2.05) is 0 Å². The van der Waals surface area contributed by atoms with E-state index in [2.05, 4.69) is 10.6 Å². The maximum atomic E-state index is 12.1. The average molecular weight is 372 g/mol. The SMILES string of the molecule is COc1ccc(C(=O)NC(=S)Nc2ccc(N)cc2)cc1Cl.Cl. The van der Waals surface area contributed by atoms with Crippen LogP contribution in [0.15, 0.2) is 42.5 Å². The first-order chi connectivity index (χ1) is 10.5. The molecule has 1 amide bonds. The van der Waals surface area contributed by atoms with Crippen LogP contribution in [0.1, 0.15) is 10.4 Å². The standard InChI is InChI=1S/C15H14ClN3O2S.ClH/c1-21-13-7-2-9(8-12(13)16)14(20)19-15(22)18-11-5-3-10(17)4-6-11;/h2-8H,17H2,1H3,(H2,18,19,20,22);1H. The molecule has 0 unspecified atom stereocenters. The number of hydrogen-bond acceptors (Lipinski definition) is 4. The highest BCUT2D eigenvalue weighted by atomic mass is 35.5. The van der Waals surface area contributed by atoms with E-state index >= 15 is 0 Å². The Hall–Kier alpha value is -2.02. The number of nitrogen functional groups attached to an aromatic ring is 1. The number of anilines is 2. The summed E-state index contributed by atoms with van der Waals surface area (Å²) < 4.78 is 5.04. The second-order valence-corrected chi connectivity index (χ2v) is 5.20. The largest absolute Gasteiger partial charge is 0.495 e. The zero-order valence-electron chi connectivity index (χ0n) is 12.1. The fraction of sp³-hybridized carbons (Fsp3) is 0.0667. The highest BCUT2D eigenvalue weighted by molar-refractivity contribution is 7.80. The van der Waals surface area contributed by atoms with Crippen molar-refractivity contribution in [3.8, 4) is 5.75 Å². The molecule has 0 saturated carbocycles. The Morgan fingerprint density at radius 3 is 2.43 bits per heavy atom. The molecule has 0 saturated heterocycles. The smallest absolute Gasteiger partial charge is 0.257 e. The van der Waals surface area contributed by atoms with Crippen molar-refractivity contribution in [2.75, 3.05) is 18.2 Å². The van der Waals surface area contributed by atoms with Gasteiger partial charge in [-0.2, -0.15) is 0 Å². The van der Waals surface area contributed by atoms with Crippen LogP contribution in [0, 0.1) is 0 Å². The summed E-state index contributed by atoms with van der Waals surface area (Å²) in [7, 11) is 1.51. The van der Waals surface area contributed by atoms with Gasteiger partial charge in [-0.25, -0.2) is 0 Å². The molecule has 0 aliphatic heterocycles. The van der Waals surface area contributed by atoms with Crippen molar-refractivity contribution in [2.24, 2.45) is 0 Å². The Labute approximate surface area is 150 Å². The van der Waals surface area contributed by atoms with Crippen molar-refractivity contribution in [1.29, 1.82) is 0 Å². The monoisotopic (exact) mass is 371 g/mol. The number of nitrogens with one attached hydrogen (secondary N) is 2. The van der Waals surface area contributed by atoms with Crippen molar-refractivity contribution in [1.82, 2.24) is 5.32 Å². The van der Waals surface area contributed by atoms with Gasteiger partial charge in [0.05, 0.1) is 12.1 Å². The molecule has 2 aromatic carbocycles. The maximum absolute atomic E-state index is 12.1. The highest BCUT2D eigenvalue weighted by Crippen LogP contribution is 2.24. The second-order valence-electron chi connectivity index (χ2n) is 4.38. The summed E-state index contributed by atoms with van der Waals surface area (Å²) in [6.45, 7) is 0. The molecule has 0 aliphatic carbocycles. The van der Waals surface area contributed by atoms with Gasteiger partial charge in [0.25, 0.3) is 5.91 Å². The number of carbonyl (C=O) groups is 1. The summed E-state index contributed by atoms with van der Waals surface area (Å²) in [5.41, 5.74) is 7.36. The van der Waals surface area contributed by atoms with Crippen LogP contribution in [0.25, 0.3) is 0 Å². The summed E-state index contributed by atoms with van der Waals surface area (Å²) in [5.74, 6) is 0.137. The van der Waals surface area contributed by atoms with Gasteiger partial charge in [0, 0.05) is 16.9 Å². The third kappa shape index (κ3) is 5.28. The third-order valence-electron chi connectivity index (χ3n) is 2.81. The molecule has 0 atom stereocenters. The first-order valence-corrected chi connectivity index (χ1v) is 7.09. The molecule has 2 rings (SSSR count). The van der Waals surface area contributed by atoms with Crippen LogP contribution in [0.5, 0.6) is 5.75 Å². The molecule has 0 heterocycles. The van der Waals surface area contributed by atoms with E-state index < -0.39 is 0 Å². The molecule has 0 fully saturated rings. The van der Waals surface area contributed by atoms with Crippen LogP contribution in [0.2, 0.25) is 5.02 Å². The van der Waals surface area contributed by atoms with Crippen LogP contribution in [0.3, 0.4) is 0 Å². The number of methoxy groups -OCH3 is 1. The lowest BCUT2D eigenvalue weighted by Gasteiger charge is -2.10. The molecule has 0 radical (unpaired) electrons. The molecule has 0 aromatic heterocycles. The van der Waals surface area contributed by atoms with E-state index in [1.54, 1.807) is 36.4 Å². The molecular weight excluding hydrogens is 357 g/mol. The van der Waals surface area contributed by atoms with Gasteiger partial charge < -0.3 is 15.8 Å².